The third-order valence-electron chi connectivity index (χ3n) is 6.45. The Balaban J connectivity index is 1.21. The van der Waals surface area contributed by atoms with Crippen LogP contribution in [-0.2, 0) is 13.0 Å². The van der Waals surface area contributed by atoms with Gasteiger partial charge in [-0.2, -0.15) is 0 Å². The summed E-state index contributed by atoms with van der Waals surface area (Å²) in [6.07, 6.45) is 2.35. The zero-order valence-electron chi connectivity index (χ0n) is 17.5. The molecule has 1 unspecified atom stereocenters. The minimum Gasteiger partial charge on any atom is -0.375 e. The van der Waals surface area contributed by atoms with Crippen LogP contribution in [0.2, 0.25) is 0 Å². The molecule has 5 rings (SSSR count). The van der Waals surface area contributed by atoms with Gasteiger partial charge < -0.3 is 10.2 Å². The molecule has 0 amide bonds. The van der Waals surface area contributed by atoms with Crippen molar-refractivity contribution >= 4 is 33.9 Å². The first-order chi connectivity index (χ1) is 14.2. The number of hydrogen-bond donors (Lipinski definition) is 1. The average molecular weight is 430 g/mol. The maximum absolute atomic E-state index is 5.03. The van der Waals surface area contributed by atoms with Crippen LogP contribution in [0.4, 0.5) is 10.8 Å². The Hall–Kier alpha value is -1.28. The second-order valence-electron chi connectivity index (χ2n) is 8.31. The summed E-state index contributed by atoms with van der Waals surface area (Å²) in [6, 6.07) is 7.40. The molecule has 1 atom stereocenters. The van der Waals surface area contributed by atoms with E-state index in [9.17, 15) is 0 Å². The predicted molar refractivity (Wildman–Crippen MR) is 124 cm³/mol. The van der Waals surface area contributed by atoms with Gasteiger partial charge in [-0.3, -0.25) is 9.80 Å². The van der Waals surface area contributed by atoms with Crippen molar-refractivity contribution in [3.05, 3.63) is 34.3 Å². The van der Waals surface area contributed by atoms with E-state index in [1.165, 1.54) is 51.4 Å². The molecular formula is C22H31N5S2. The SMILES string of the molecule is CCCN1CCc2nc(N3CCN(C(C)c4ccc5c(c4)NCS5)CC3)sc2C1. The van der Waals surface area contributed by atoms with Gasteiger partial charge in [0.05, 0.1) is 11.6 Å². The van der Waals surface area contributed by atoms with E-state index >= 15 is 0 Å². The number of piperazine rings is 1. The van der Waals surface area contributed by atoms with Gasteiger partial charge in [-0.25, -0.2) is 4.98 Å². The summed E-state index contributed by atoms with van der Waals surface area (Å²) in [5.74, 6) is 1.000. The van der Waals surface area contributed by atoms with Crippen LogP contribution >= 0.6 is 23.1 Å². The first-order valence-corrected chi connectivity index (χ1v) is 12.7. The van der Waals surface area contributed by atoms with Crippen molar-refractivity contribution in [2.75, 3.05) is 55.4 Å². The molecule has 0 aliphatic carbocycles. The van der Waals surface area contributed by atoms with Gasteiger partial charge in [0.15, 0.2) is 5.13 Å². The van der Waals surface area contributed by atoms with Crippen molar-refractivity contribution in [1.82, 2.24) is 14.8 Å². The molecule has 1 N–H and O–H groups in total. The van der Waals surface area contributed by atoms with E-state index in [4.69, 9.17) is 4.98 Å². The lowest BCUT2D eigenvalue weighted by Gasteiger charge is -2.38. The molecule has 1 aromatic heterocycles. The highest BCUT2D eigenvalue weighted by Crippen LogP contribution is 2.37. The Morgan fingerprint density at radius 3 is 2.86 bits per heavy atom. The quantitative estimate of drug-likeness (QED) is 0.765. The summed E-state index contributed by atoms with van der Waals surface area (Å²) < 4.78 is 0. The van der Waals surface area contributed by atoms with Crippen molar-refractivity contribution in [2.24, 2.45) is 0 Å². The van der Waals surface area contributed by atoms with E-state index in [0.717, 1.165) is 45.0 Å². The summed E-state index contributed by atoms with van der Waals surface area (Å²) in [6.45, 7) is 12.5. The van der Waals surface area contributed by atoms with Crippen LogP contribution in [-0.4, -0.2) is 59.9 Å². The number of hydrogen-bond acceptors (Lipinski definition) is 7. The molecule has 1 aromatic carbocycles. The molecule has 3 aliphatic heterocycles. The average Bonchev–Trinajstić information content (AvgIpc) is 3.39. The molecule has 0 spiro atoms. The van der Waals surface area contributed by atoms with Crippen LogP contribution in [0.3, 0.4) is 0 Å². The van der Waals surface area contributed by atoms with E-state index in [1.54, 1.807) is 0 Å². The molecule has 29 heavy (non-hydrogen) atoms. The molecule has 0 radical (unpaired) electrons. The van der Waals surface area contributed by atoms with Crippen LogP contribution < -0.4 is 10.2 Å². The van der Waals surface area contributed by atoms with E-state index in [-0.39, 0.29) is 0 Å². The Morgan fingerprint density at radius 2 is 2.03 bits per heavy atom. The summed E-state index contributed by atoms with van der Waals surface area (Å²) in [5.41, 5.74) is 4.09. The Morgan fingerprint density at radius 1 is 1.17 bits per heavy atom. The molecule has 0 saturated carbocycles. The lowest BCUT2D eigenvalue weighted by atomic mass is 10.1. The number of benzene rings is 1. The maximum Gasteiger partial charge on any atom is 0.185 e. The van der Waals surface area contributed by atoms with Gasteiger partial charge >= 0.3 is 0 Å². The van der Waals surface area contributed by atoms with Crippen LogP contribution in [0.1, 0.15) is 42.4 Å². The Bertz CT molecular complexity index is 859. The van der Waals surface area contributed by atoms with E-state index in [2.05, 4.69) is 52.1 Å². The van der Waals surface area contributed by atoms with Gasteiger partial charge in [0, 0.05) is 67.2 Å². The number of aromatic nitrogens is 1. The molecule has 156 valence electrons. The summed E-state index contributed by atoms with van der Waals surface area (Å²) in [4.78, 5) is 15.6. The lowest BCUT2D eigenvalue weighted by molar-refractivity contribution is 0.198. The van der Waals surface area contributed by atoms with Gasteiger partial charge in [0.25, 0.3) is 0 Å². The normalized spacial score (nSPS) is 21.0. The largest absolute Gasteiger partial charge is 0.375 e. The number of nitrogens with one attached hydrogen (secondary N) is 1. The number of nitrogens with zero attached hydrogens (tertiary/aromatic N) is 4. The fourth-order valence-electron chi connectivity index (χ4n) is 4.65. The minimum absolute atomic E-state index is 0.460. The second kappa shape index (κ2) is 8.46. The molecule has 7 heteroatoms. The Kier molecular flexibility index (Phi) is 5.74. The number of anilines is 2. The number of thioether (sulfide) groups is 1. The first-order valence-electron chi connectivity index (χ1n) is 10.9. The van der Waals surface area contributed by atoms with Crippen LogP contribution in [0.25, 0.3) is 0 Å². The van der Waals surface area contributed by atoms with Crippen LogP contribution in [0.15, 0.2) is 23.1 Å². The highest BCUT2D eigenvalue weighted by atomic mass is 32.2. The van der Waals surface area contributed by atoms with Gasteiger partial charge in [-0.15, -0.1) is 23.1 Å². The smallest absolute Gasteiger partial charge is 0.185 e. The van der Waals surface area contributed by atoms with Gasteiger partial charge in [0.1, 0.15) is 0 Å². The van der Waals surface area contributed by atoms with Gasteiger partial charge in [-0.05, 0) is 37.6 Å². The first kappa shape index (κ1) is 19.7. The van der Waals surface area contributed by atoms with E-state index in [1.807, 2.05) is 23.1 Å². The molecule has 5 nitrogen and oxygen atoms in total. The number of fused-ring (bicyclic) bond motifs is 2. The molecule has 0 bridgehead atoms. The molecule has 3 aliphatic rings. The third-order valence-corrected chi connectivity index (χ3v) is 8.55. The van der Waals surface area contributed by atoms with Gasteiger partial charge in [0.2, 0.25) is 0 Å². The predicted octanol–water partition coefficient (Wildman–Crippen LogP) is 4.27. The zero-order valence-corrected chi connectivity index (χ0v) is 19.1. The number of thiazole rings is 1. The summed E-state index contributed by atoms with van der Waals surface area (Å²) >= 11 is 3.83. The summed E-state index contributed by atoms with van der Waals surface area (Å²) in [5, 5.41) is 4.74. The monoisotopic (exact) mass is 429 g/mol. The van der Waals surface area contributed by atoms with Crippen molar-refractivity contribution in [3.63, 3.8) is 0 Å². The van der Waals surface area contributed by atoms with Crippen molar-refractivity contribution in [1.29, 1.82) is 0 Å². The summed E-state index contributed by atoms with van der Waals surface area (Å²) in [7, 11) is 0. The Labute approximate surface area is 182 Å². The van der Waals surface area contributed by atoms with Crippen molar-refractivity contribution in [2.45, 2.75) is 44.2 Å². The fraction of sp³-hybridized carbons (Fsp3) is 0.591. The minimum atomic E-state index is 0.460. The van der Waals surface area contributed by atoms with Gasteiger partial charge in [-0.1, -0.05) is 13.0 Å². The number of rotatable bonds is 5. The zero-order chi connectivity index (χ0) is 19.8. The molecule has 2 aromatic rings. The third kappa shape index (κ3) is 4.02. The van der Waals surface area contributed by atoms with E-state index < -0.39 is 0 Å². The second-order valence-corrected chi connectivity index (χ2v) is 10.4. The van der Waals surface area contributed by atoms with Crippen LogP contribution in [0, 0.1) is 0 Å². The highest BCUT2D eigenvalue weighted by Gasteiger charge is 2.27. The topological polar surface area (TPSA) is 34.6 Å². The molecule has 1 fully saturated rings. The lowest BCUT2D eigenvalue weighted by Crippen LogP contribution is -2.47. The molecule has 1 saturated heterocycles. The highest BCUT2D eigenvalue weighted by molar-refractivity contribution is 7.99. The standard InChI is InChI=1S/C22H31N5S2/c1-3-7-25-8-6-18-21(14-25)29-22(24-18)27-11-9-26(10-12-27)16(2)17-4-5-20-19(13-17)23-15-28-20/h4-5,13,16,23H,3,6-12,14-15H2,1-2H3. The van der Waals surface area contributed by atoms with Crippen molar-refractivity contribution < 1.29 is 0 Å². The molecule has 4 heterocycles. The maximum atomic E-state index is 5.03. The van der Waals surface area contributed by atoms with Crippen LogP contribution in [0.5, 0.6) is 0 Å². The fourth-order valence-corrected chi connectivity index (χ4v) is 6.69. The van der Waals surface area contributed by atoms with E-state index in [0.29, 0.717) is 6.04 Å². The molecular weight excluding hydrogens is 398 g/mol. The van der Waals surface area contributed by atoms with Crippen molar-refractivity contribution in [3.8, 4) is 0 Å².